The highest BCUT2D eigenvalue weighted by Crippen LogP contribution is 2.12. The van der Waals surface area contributed by atoms with E-state index in [4.69, 9.17) is 0 Å². The number of carbonyl (C=O) groups excluding carboxylic acids is 2. The molecular weight excluding hydrogens is 507 g/mol. The Kier molecular flexibility index (Phi) is 12.7. The van der Waals surface area contributed by atoms with E-state index in [1.165, 1.54) is 12.8 Å². The number of amides is 2. The van der Waals surface area contributed by atoms with Gasteiger partial charge in [0.1, 0.15) is 0 Å². The molecule has 0 aliphatic carbocycles. The first-order valence-corrected chi connectivity index (χ1v) is 11.6. The van der Waals surface area contributed by atoms with Gasteiger partial charge in [0.2, 0.25) is 11.8 Å². The molecule has 2 amide bonds. The van der Waals surface area contributed by atoms with Crippen molar-refractivity contribution in [3.63, 3.8) is 0 Å². The Bertz CT molecular complexity index is 577. The number of rotatable bonds is 6. The van der Waals surface area contributed by atoms with Crippen LogP contribution in [0.2, 0.25) is 0 Å². The fraction of sp³-hybridized carbons (Fsp3) is 0.864. The highest BCUT2D eigenvalue weighted by Gasteiger charge is 2.24. The van der Waals surface area contributed by atoms with Gasteiger partial charge in [-0.1, -0.05) is 33.6 Å². The smallest absolute Gasteiger partial charge is 0.236 e. The number of guanidine groups is 1. The molecule has 2 aliphatic heterocycles. The van der Waals surface area contributed by atoms with Crippen LogP contribution in [0.3, 0.4) is 0 Å². The lowest BCUT2D eigenvalue weighted by molar-refractivity contribution is -0.132. The van der Waals surface area contributed by atoms with E-state index in [2.05, 4.69) is 37.2 Å². The van der Waals surface area contributed by atoms with Gasteiger partial charge in [0.25, 0.3) is 0 Å². The van der Waals surface area contributed by atoms with Gasteiger partial charge in [-0.3, -0.25) is 19.5 Å². The van der Waals surface area contributed by atoms with Gasteiger partial charge in [0, 0.05) is 57.8 Å². The summed E-state index contributed by atoms with van der Waals surface area (Å²) in [6, 6.07) is 0. The third-order valence-electron chi connectivity index (χ3n) is 5.66. The maximum atomic E-state index is 12.6. The Labute approximate surface area is 205 Å². The van der Waals surface area contributed by atoms with Crippen molar-refractivity contribution in [3.05, 3.63) is 0 Å². The topological polar surface area (TPSA) is 80.3 Å². The highest BCUT2D eigenvalue weighted by atomic mass is 127. The van der Waals surface area contributed by atoms with Crippen molar-refractivity contribution in [2.75, 3.05) is 65.4 Å². The number of nitrogens with zero attached hydrogens (tertiary/aromatic N) is 4. The second-order valence-corrected chi connectivity index (χ2v) is 9.30. The summed E-state index contributed by atoms with van der Waals surface area (Å²) in [5, 5.41) is 6.30. The van der Waals surface area contributed by atoms with Crippen molar-refractivity contribution in [1.82, 2.24) is 25.3 Å². The van der Waals surface area contributed by atoms with E-state index < -0.39 is 0 Å². The number of carbonyl (C=O) groups is 2. The zero-order valence-electron chi connectivity index (χ0n) is 19.9. The van der Waals surface area contributed by atoms with Gasteiger partial charge in [-0.15, -0.1) is 24.0 Å². The van der Waals surface area contributed by atoms with Gasteiger partial charge < -0.3 is 20.4 Å². The molecule has 0 saturated carbocycles. The minimum absolute atomic E-state index is 0. The normalized spacial score (nSPS) is 18.8. The molecule has 0 aromatic rings. The molecule has 0 radical (unpaired) electrons. The van der Waals surface area contributed by atoms with Gasteiger partial charge in [-0.25, -0.2) is 0 Å². The molecule has 2 aliphatic rings. The number of hydrogen-bond acceptors (Lipinski definition) is 4. The highest BCUT2D eigenvalue weighted by molar-refractivity contribution is 14.0. The Morgan fingerprint density at radius 2 is 1.48 bits per heavy atom. The molecule has 2 rings (SSSR count). The monoisotopic (exact) mass is 550 g/mol. The predicted molar refractivity (Wildman–Crippen MR) is 137 cm³/mol. The van der Waals surface area contributed by atoms with Crippen molar-refractivity contribution in [3.8, 4) is 0 Å². The standard InChI is InChI=1S/C22H42N6O2.HI/c1-5-23-21(25-11-10-24-20(30)22(2,3)4)28-16-14-26(15-17-28)18-19(29)27-12-8-6-7-9-13-27;/h5-18H2,1-4H3,(H,23,25)(H,24,30);1H. The largest absolute Gasteiger partial charge is 0.357 e. The first-order chi connectivity index (χ1) is 14.3. The summed E-state index contributed by atoms with van der Waals surface area (Å²) in [5.74, 6) is 1.21. The lowest BCUT2D eigenvalue weighted by Gasteiger charge is -2.37. The minimum Gasteiger partial charge on any atom is -0.357 e. The maximum Gasteiger partial charge on any atom is 0.236 e. The van der Waals surface area contributed by atoms with Gasteiger partial charge in [0.15, 0.2) is 5.96 Å². The van der Waals surface area contributed by atoms with Crippen LogP contribution in [0, 0.1) is 5.41 Å². The molecule has 0 unspecified atom stereocenters. The molecule has 8 nitrogen and oxygen atoms in total. The van der Waals surface area contributed by atoms with E-state index in [-0.39, 0.29) is 41.2 Å². The van der Waals surface area contributed by atoms with Crippen molar-refractivity contribution >= 4 is 41.8 Å². The van der Waals surface area contributed by atoms with Crippen molar-refractivity contribution < 1.29 is 9.59 Å². The molecule has 0 spiro atoms. The zero-order valence-corrected chi connectivity index (χ0v) is 22.2. The van der Waals surface area contributed by atoms with Gasteiger partial charge in [-0.2, -0.15) is 0 Å². The lowest BCUT2D eigenvalue weighted by Crippen LogP contribution is -2.54. The van der Waals surface area contributed by atoms with Crippen LogP contribution in [0.5, 0.6) is 0 Å². The average molecular weight is 551 g/mol. The number of piperazine rings is 1. The summed E-state index contributed by atoms with van der Waals surface area (Å²) in [5.41, 5.74) is -0.380. The summed E-state index contributed by atoms with van der Waals surface area (Å²) < 4.78 is 0. The van der Waals surface area contributed by atoms with Crippen molar-refractivity contribution in [2.24, 2.45) is 10.4 Å². The van der Waals surface area contributed by atoms with Crippen LogP contribution in [0.15, 0.2) is 4.99 Å². The lowest BCUT2D eigenvalue weighted by atomic mass is 9.96. The second kappa shape index (κ2) is 14.1. The number of nitrogens with one attached hydrogen (secondary N) is 2. The Morgan fingerprint density at radius 3 is 2.03 bits per heavy atom. The molecule has 0 bridgehead atoms. The van der Waals surface area contributed by atoms with E-state index in [1.54, 1.807) is 0 Å². The van der Waals surface area contributed by atoms with Crippen LogP contribution < -0.4 is 10.6 Å². The molecule has 0 aromatic heterocycles. The van der Waals surface area contributed by atoms with Crippen LogP contribution in [0.25, 0.3) is 0 Å². The predicted octanol–water partition coefficient (Wildman–Crippen LogP) is 1.75. The van der Waals surface area contributed by atoms with Crippen LogP contribution in [-0.2, 0) is 9.59 Å². The summed E-state index contributed by atoms with van der Waals surface area (Å²) in [7, 11) is 0. The fourth-order valence-corrected chi connectivity index (χ4v) is 3.75. The molecule has 2 N–H and O–H groups in total. The number of likely N-dealkylation sites (tertiary alicyclic amines) is 1. The van der Waals surface area contributed by atoms with E-state index >= 15 is 0 Å². The van der Waals surface area contributed by atoms with E-state index in [1.807, 2.05) is 20.8 Å². The third-order valence-corrected chi connectivity index (χ3v) is 5.66. The van der Waals surface area contributed by atoms with Crippen LogP contribution in [-0.4, -0.2) is 97.9 Å². The summed E-state index contributed by atoms with van der Waals surface area (Å²) in [6.45, 7) is 15.5. The number of hydrogen-bond donors (Lipinski definition) is 2. The Balaban J connectivity index is 0.00000480. The summed E-state index contributed by atoms with van der Waals surface area (Å²) >= 11 is 0. The molecule has 9 heteroatoms. The second-order valence-electron chi connectivity index (χ2n) is 9.30. The summed E-state index contributed by atoms with van der Waals surface area (Å²) in [4.78, 5) is 35.9. The zero-order chi connectivity index (χ0) is 22.0. The fourth-order valence-electron chi connectivity index (χ4n) is 3.75. The Morgan fingerprint density at radius 1 is 0.871 bits per heavy atom. The molecule has 31 heavy (non-hydrogen) atoms. The molecule has 2 heterocycles. The minimum atomic E-state index is -0.380. The van der Waals surface area contributed by atoms with Gasteiger partial charge in [0.05, 0.1) is 13.1 Å². The Hall–Kier alpha value is -1.10. The average Bonchev–Trinajstić information content (AvgIpc) is 3.00. The van der Waals surface area contributed by atoms with Gasteiger partial charge in [-0.05, 0) is 19.8 Å². The van der Waals surface area contributed by atoms with E-state index in [0.717, 1.165) is 64.6 Å². The van der Waals surface area contributed by atoms with Crippen LogP contribution in [0.1, 0.15) is 53.4 Å². The third kappa shape index (κ3) is 9.93. The number of halogens is 1. The van der Waals surface area contributed by atoms with E-state index in [0.29, 0.717) is 19.6 Å². The molecule has 0 aromatic carbocycles. The molecule has 2 fully saturated rings. The van der Waals surface area contributed by atoms with Crippen LogP contribution in [0.4, 0.5) is 0 Å². The van der Waals surface area contributed by atoms with Crippen molar-refractivity contribution in [1.29, 1.82) is 0 Å². The first-order valence-electron chi connectivity index (χ1n) is 11.6. The quantitative estimate of drug-likeness (QED) is 0.228. The number of aliphatic imine (C=N–C) groups is 1. The van der Waals surface area contributed by atoms with Crippen molar-refractivity contribution in [2.45, 2.75) is 53.4 Å². The van der Waals surface area contributed by atoms with E-state index in [9.17, 15) is 9.59 Å². The molecule has 0 atom stereocenters. The maximum absolute atomic E-state index is 12.6. The molecule has 180 valence electrons. The molecule has 2 saturated heterocycles. The first kappa shape index (κ1) is 27.9. The van der Waals surface area contributed by atoms with Gasteiger partial charge >= 0.3 is 0 Å². The van der Waals surface area contributed by atoms with Crippen LogP contribution >= 0.6 is 24.0 Å². The summed E-state index contributed by atoms with van der Waals surface area (Å²) in [6.07, 6.45) is 4.76. The SMILES string of the molecule is CCNC(=NCCNC(=O)C(C)(C)C)N1CCN(CC(=O)N2CCCCCC2)CC1.I. The molecular formula is C22H43IN6O2.